The zero-order chi connectivity index (χ0) is 17.2. The predicted molar refractivity (Wildman–Crippen MR) is 106 cm³/mol. The molecule has 0 radical (unpaired) electrons. The van der Waals surface area contributed by atoms with Gasteiger partial charge < -0.3 is 0 Å². The normalized spacial score (nSPS) is 11.4. The third-order valence-corrected chi connectivity index (χ3v) is 4.41. The van der Waals surface area contributed by atoms with E-state index >= 15 is 0 Å². The third kappa shape index (κ3) is 6.58. The number of benzene rings is 2. The Morgan fingerprint density at radius 1 is 0.750 bits per heavy atom. The number of aryl methyl sites for hydroxylation is 2. The summed E-state index contributed by atoms with van der Waals surface area (Å²) in [4.78, 5) is 0. The molecule has 0 aliphatic carbocycles. The highest BCUT2D eigenvalue weighted by Gasteiger charge is 2.02. The molecule has 24 heavy (non-hydrogen) atoms. The van der Waals surface area contributed by atoms with Gasteiger partial charge in [0.1, 0.15) is 0 Å². The second-order valence-electron chi connectivity index (χ2n) is 6.83. The lowest BCUT2D eigenvalue weighted by Gasteiger charge is -2.09. The maximum absolute atomic E-state index is 2.40. The standard InChI is InChI=1S/C24H30/c1-20(2)10-9-11-21(3)16-18-23-14-7-8-15-24(23)19-17-22-12-5-4-6-13-22/h4-8,10,12-16H,9,11,17-19H2,1-3H3/b21-16+. The first-order valence-electron chi connectivity index (χ1n) is 9.05. The SMILES string of the molecule is CC(C)=CCC/C(C)=C/Cc1ccccc1CCc1ccccc1. The second kappa shape index (κ2) is 9.93. The summed E-state index contributed by atoms with van der Waals surface area (Å²) in [5, 5.41) is 0. The Labute approximate surface area is 147 Å². The zero-order valence-corrected chi connectivity index (χ0v) is 15.4. The largest absolute Gasteiger partial charge is 0.0856 e. The molecule has 0 nitrogen and oxygen atoms in total. The minimum absolute atomic E-state index is 1.05. The van der Waals surface area contributed by atoms with Crippen molar-refractivity contribution in [3.05, 3.63) is 94.6 Å². The van der Waals surface area contributed by atoms with Crippen molar-refractivity contribution in [2.75, 3.05) is 0 Å². The van der Waals surface area contributed by atoms with Crippen LogP contribution in [0.1, 0.15) is 50.3 Å². The van der Waals surface area contributed by atoms with Gasteiger partial charge >= 0.3 is 0 Å². The van der Waals surface area contributed by atoms with Gasteiger partial charge in [-0.3, -0.25) is 0 Å². The Morgan fingerprint density at radius 3 is 2.12 bits per heavy atom. The van der Waals surface area contributed by atoms with Crippen LogP contribution in [-0.2, 0) is 19.3 Å². The van der Waals surface area contributed by atoms with Crippen LogP contribution in [0.3, 0.4) is 0 Å². The zero-order valence-electron chi connectivity index (χ0n) is 15.4. The van der Waals surface area contributed by atoms with E-state index in [2.05, 4.69) is 87.5 Å². The minimum atomic E-state index is 1.05. The molecule has 0 aliphatic heterocycles. The van der Waals surface area contributed by atoms with E-state index in [1.165, 1.54) is 27.8 Å². The molecule has 0 unspecified atom stereocenters. The number of rotatable bonds is 8. The third-order valence-electron chi connectivity index (χ3n) is 4.41. The lowest BCUT2D eigenvalue weighted by Crippen LogP contribution is -1.96. The van der Waals surface area contributed by atoms with Gasteiger partial charge in [0.15, 0.2) is 0 Å². The van der Waals surface area contributed by atoms with E-state index in [9.17, 15) is 0 Å². The monoisotopic (exact) mass is 318 g/mol. The van der Waals surface area contributed by atoms with Crippen molar-refractivity contribution in [1.29, 1.82) is 0 Å². The van der Waals surface area contributed by atoms with Crippen LogP contribution in [0, 0.1) is 0 Å². The highest BCUT2D eigenvalue weighted by molar-refractivity contribution is 5.30. The van der Waals surface area contributed by atoms with Crippen LogP contribution >= 0.6 is 0 Å². The van der Waals surface area contributed by atoms with Crippen molar-refractivity contribution in [3.63, 3.8) is 0 Å². The topological polar surface area (TPSA) is 0 Å². The van der Waals surface area contributed by atoms with E-state index < -0.39 is 0 Å². The molecule has 2 aromatic carbocycles. The van der Waals surface area contributed by atoms with Crippen molar-refractivity contribution < 1.29 is 0 Å². The Balaban J connectivity index is 1.94. The van der Waals surface area contributed by atoms with Gasteiger partial charge in [-0.15, -0.1) is 0 Å². The summed E-state index contributed by atoms with van der Waals surface area (Å²) in [6, 6.07) is 19.7. The number of allylic oxidation sites excluding steroid dienone is 4. The summed E-state index contributed by atoms with van der Waals surface area (Å²) in [7, 11) is 0. The highest BCUT2D eigenvalue weighted by atomic mass is 14.1. The van der Waals surface area contributed by atoms with Gasteiger partial charge in [0.05, 0.1) is 0 Å². The fourth-order valence-electron chi connectivity index (χ4n) is 2.90. The van der Waals surface area contributed by atoms with Gasteiger partial charge in [0.25, 0.3) is 0 Å². The maximum atomic E-state index is 2.40. The Morgan fingerprint density at radius 2 is 1.42 bits per heavy atom. The molecule has 0 amide bonds. The molecule has 126 valence electrons. The van der Waals surface area contributed by atoms with Gasteiger partial charge in [-0.1, -0.05) is 77.9 Å². The van der Waals surface area contributed by atoms with Crippen LogP contribution in [0.2, 0.25) is 0 Å². The first-order chi connectivity index (χ1) is 11.6. The molecule has 0 fully saturated rings. The summed E-state index contributed by atoms with van der Waals surface area (Å²) >= 11 is 0. The van der Waals surface area contributed by atoms with Crippen molar-refractivity contribution in [3.8, 4) is 0 Å². The Hall–Kier alpha value is -2.08. The highest BCUT2D eigenvalue weighted by Crippen LogP contribution is 2.15. The molecule has 0 N–H and O–H groups in total. The van der Waals surface area contributed by atoms with E-state index in [1.54, 1.807) is 0 Å². The Kier molecular flexibility index (Phi) is 7.55. The first-order valence-corrected chi connectivity index (χ1v) is 9.05. The average molecular weight is 319 g/mol. The average Bonchev–Trinajstić information content (AvgIpc) is 2.59. The Bertz CT molecular complexity index is 670. The quantitative estimate of drug-likeness (QED) is 0.475. The molecule has 0 heterocycles. The van der Waals surface area contributed by atoms with Gasteiger partial charge in [-0.2, -0.15) is 0 Å². The summed E-state index contributed by atoms with van der Waals surface area (Å²) in [5.41, 5.74) is 7.27. The van der Waals surface area contributed by atoms with E-state index in [1.807, 2.05) is 0 Å². The molecule has 2 aromatic rings. The van der Waals surface area contributed by atoms with Crippen LogP contribution in [0.4, 0.5) is 0 Å². The van der Waals surface area contributed by atoms with Crippen LogP contribution in [0.25, 0.3) is 0 Å². The van der Waals surface area contributed by atoms with E-state index in [-0.39, 0.29) is 0 Å². The van der Waals surface area contributed by atoms with E-state index in [0.29, 0.717) is 0 Å². The summed E-state index contributed by atoms with van der Waals surface area (Å²) in [6.07, 6.45) is 10.3. The molecule has 0 bridgehead atoms. The van der Waals surface area contributed by atoms with Crippen LogP contribution < -0.4 is 0 Å². The molecule has 0 saturated heterocycles. The minimum Gasteiger partial charge on any atom is -0.0856 e. The van der Waals surface area contributed by atoms with E-state index in [4.69, 9.17) is 0 Å². The van der Waals surface area contributed by atoms with Crippen LogP contribution in [-0.4, -0.2) is 0 Å². The first kappa shape index (κ1) is 18.3. The smallest absolute Gasteiger partial charge is 0.00921 e. The fraction of sp³-hybridized carbons (Fsp3) is 0.333. The van der Waals surface area contributed by atoms with Crippen molar-refractivity contribution in [2.24, 2.45) is 0 Å². The molecular weight excluding hydrogens is 288 g/mol. The van der Waals surface area contributed by atoms with Gasteiger partial charge in [-0.25, -0.2) is 0 Å². The summed E-state index contributed by atoms with van der Waals surface area (Å²) in [6.45, 7) is 6.59. The maximum Gasteiger partial charge on any atom is -0.00921 e. The van der Waals surface area contributed by atoms with Crippen LogP contribution in [0.5, 0.6) is 0 Å². The number of hydrogen-bond donors (Lipinski definition) is 0. The summed E-state index contributed by atoms with van der Waals surface area (Å²) < 4.78 is 0. The molecule has 0 heteroatoms. The van der Waals surface area contributed by atoms with Gasteiger partial charge in [-0.05, 0) is 69.6 Å². The van der Waals surface area contributed by atoms with Gasteiger partial charge in [0, 0.05) is 0 Å². The fourth-order valence-corrected chi connectivity index (χ4v) is 2.90. The molecule has 0 spiro atoms. The molecule has 0 saturated carbocycles. The molecule has 0 aliphatic rings. The van der Waals surface area contributed by atoms with Crippen molar-refractivity contribution in [2.45, 2.75) is 52.9 Å². The molecular formula is C24H30. The lowest BCUT2D eigenvalue weighted by atomic mass is 9.97. The molecule has 0 aromatic heterocycles. The van der Waals surface area contributed by atoms with E-state index in [0.717, 1.165) is 32.1 Å². The van der Waals surface area contributed by atoms with Crippen LogP contribution in [0.15, 0.2) is 77.9 Å². The van der Waals surface area contributed by atoms with Gasteiger partial charge in [0.2, 0.25) is 0 Å². The second-order valence-corrected chi connectivity index (χ2v) is 6.83. The van der Waals surface area contributed by atoms with Crippen molar-refractivity contribution in [1.82, 2.24) is 0 Å². The summed E-state index contributed by atoms with van der Waals surface area (Å²) in [5.74, 6) is 0. The lowest BCUT2D eigenvalue weighted by molar-refractivity contribution is 0.930. The predicted octanol–water partition coefficient (Wildman–Crippen LogP) is 6.71. The molecule has 2 rings (SSSR count). The molecule has 0 atom stereocenters. The number of hydrogen-bond acceptors (Lipinski definition) is 0. The van der Waals surface area contributed by atoms with Crippen molar-refractivity contribution >= 4 is 0 Å².